The van der Waals surface area contributed by atoms with Crippen molar-refractivity contribution in [2.75, 3.05) is 18.5 Å². The van der Waals surface area contributed by atoms with Gasteiger partial charge in [-0.2, -0.15) is 0 Å². The van der Waals surface area contributed by atoms with Crippen molar-refractivity contribution in [3.8, 4) is 0 Å². The third-order valence-corrected chi connectivity index (χ3v) is 2.02. The lowest BCUT2D eigenvalue weighted by atomic mass is 10.5. The van der Waals surface area contributed by atoms with Crippen molar-refractivity contribution in [1.29, 1.82) is 0 Å². The van der Waals surface area contributed by atoms with Gasteiger partial charge in [-0.3, -0.25) is 0 Å². The summed E-state index contributed by atoms with van der Waals surface area (Å²) < 4.78 is 2.19. The van der Waals surface area contributed by atoms with Crippen LogP contribution >= 0.6 is 0 Å². The van der Waals surface area contributed by atoms with E-state index in [9.17, 15) is 0 Å². The number of likely N-dealkylation sites (N-methyl/N-ethyl adjacent to an activating group) is 1. The van der Waals surface area contributed by atoms with E-state index in [0.29, 0.717) is 0 Å². The molecular weight excluding hydrogens is 126 g/mol. The normalized spacial score (nSPS) is 16.0. The van der Waals surface area contributed by atoms with Crippen LogP contribution in [0.3, 0.4) is 0 Å². The summed E-state index contributed by atoms with van der Waals surface area (Å²) in [5, 5.41) is 0. The molecule has 1 aliphatic heterocycles. The maximum Gasteiger partial charge on any atom is 0.131 e. The molecule has 0 N–H and O–H groups in total. The van der Waals surface area contributed by atoms with Crippen LogP contribution in [-0.2, 0) is 6.54 Å². The van der Waals surface area contributed by atoms with Gasteiger partial charge in [-0.25, -0.2) is 4.98 Å². The molecule has 0 bridgehead atoms. The van der Waals surface area contributed by atoms with Crippen LogP contribution in [0.15, 0.2) is 6.33 Å². The molecule has 10 heavy (non-hydrogen) atoms. The minimum absolute atomic E-state index is 1.09. The molecular formula is C7H11N3. The van der Waals surface area contributed by atoms with Gasteiger partial charge in [0.2, 0.25) is 0 Å². The Bertz CT molecular complexity index is 251. The zero-order chi connectivity index (χ0) is 7.14. The van der Waals surface area contributed by atoms with Gasteiger partial charge in [0, 0.05) is 20.1 Å². The van der Waals surface area contributed by atoms with Crippen LogP contribution in [0.25, 0.3) is 0 Å². The molecule has 0 aliphatic carbocycles. The number of anilines is 1. The molecule has 2 rings (SSSR count). The third kappa shape index (κ3) is 0.574. The molecule has 1 aromatic rings. The van der Waals surface area contributed by atoms with E-state index in [0.717, 1.165) is 18.8 Å². The van der Waals surface area contributed by atoms with Gasteiger partial charge in [0.25, 0.3) is 0 Å². The third-order valence-electron chi connectivity index (χ3n) is 2.02. The Morgan fingerprint density at radius 1 is 1.50 bits per heavy atom. The van der Waals surface area contributed by atoms with Gasteiger partial charge in [0.05, 0.1) is 12.0 Å². The maximum absolute atomic E-state index is 4.21. The van der Waals surface area contributed by atoms with Gasteiger partial charge in [0.1, 0.15) is 5.82 Å². The predicted octanol–water partition coefficient (Wildman–Crippen LogP) is 0.641. The fraction of sp³-hybridized carbons (Fsp3) is 0.571. The summed E-state index contributed by atoms with van der Waals surface area (Å²) >= 11 is 0. The summed E-state index contributed by atoms with van der Waals surface area (Å²) in [6.45, 7) is 4.26. The van der Waals surface area contributed by atoms with E-state index >= 15 is 0 Å². The van der Waals surface area contributed by atoms with E-state index in [-0.39, 0.29) is 0 Å². The van der Waals surface area contributed by atoms with Crippen molar-refractivity contribution >= 4 is 5.82 Å². The lowest BCUT2D eigenvalue weighted by molar-refractivity contribution is 0.783. The van der Waals surface area contributed by atoms with Crippen molar-refractivity contribution < 1.29 is 0 Å². The zero-order valence-electron chi connectivity index (χ0n) is 6.33. The van der Waals surface area contributed by atoms with Gasteiger partial charge < -0.3 is 9.47 Å². The topological polar surface area (TPSA) is 21.1 Å². The SMILES string of the molecule is Cc1ncn2c1N(C)CC2. The monoisotopic (exact) mass is 137 g/mol. The number of fused-ring (bicyclic) bond motifs is 1. The first-order valence-corrected chi connectivity index (χ1v) is 3.52. The average Bonchev–Trinajstić information content (AvgIpc) is 2.40. The van der Waals surface area contributed by atoms with Gasteiger partial charge in [0.15, 0.2) is 0 Å². The Kier molecular flexibility index (Phi) is 1.01. The lowest BCUT2D eigenvalue weighted by Gasteiger charge is -2.08. The van der Waals surface area contributed by atoms with Crippen LogP contribution in [0, 0.1) is 6.92 Å². The molecule has 0 fully saturated rings. The molecule has 1 aliphatic rings. The van der Waals surface area contributed by atoms with E-state index in [4.69, 9.17) is 0 Å². The first kappa shape index (κ1) is 5.77. The van der Waals surface area contributed by atoms with Crippen molar-refractivity contribution in [3.05, 3.63) is 12.0 Å². The molecule has 54 valence electrons. The van der Waals surface area contributed by atoms with Crippen molar-refractivity contribution in [2.45, 2.75) is 13.5 Å². The Labute approximate surface area is 60.3 Å². The summed E-state index contributed by atoms with van der Waals surface area (Å²) in [5.41, 5.74) is 1.14. The summed E-state index contributed by atoms with van der Waals surface area (Å²) in [7, 11) is 2.10. The molecule has 3 nitrogen and oxygen atoms in total. The molecule has 0 spiro atoms. The number of aromatic nitrogens is 2. The fourth-order valence-corrected chi connectivity index (χ4v) is 1.50. The highest BCUT2D eigenvalue weighted by atomic mass is 15.3. The first-order chi connectivity index (χ1) is 4.79. The molecule has 0 radical (unpaired) electrons. The molecule has 1 aromatic heterocycles. The van der Waals surface area contributed by atoms with Crippen LogP contribution in [-0.4, -0.2) is 23.1 Å². The second-order valence-corrected chi connectivity index (χ2v) is 2.77. The quantitative estimate of drug-likeness (QED) is 0.523. The Morgan fingerprint density at radius 2 is 2.30 bits per heavy atom. The number of imidazole rings is 1. The van der Waals surface area contributed by atoms with Gasteiger partial charge in [-0.05, 0) is 6.92 Å². The van der Waals surface area contributed by atoms with Crippen LogP contribution < -0.4 is 4.90 Å². The van der Waals surface area contributed by atoms with Crippen LogP contribution in [0.2, 0.25) is 0 Å². The molecule has 0 aromatic carbocycles. The van der Waals surface area contributed by atoms with Crippen LogP contribution in [0.5, 0.6) is 0 Å². The van der Waals surface area contributed by atoms with E-state index < -0.39 is 0 Å². The van der Waals surface area contributed by atoms with E-state index in [2.05, 4.69) is 21.5 Å². The molecule has 2 heterocycles. The van der Waals surface area contributed by atoms with Crippen LogP contribution in [0.4, 0.5) is 5.82 Å². The standard InChI is InChI=1S/C7H11N3/c1-6-7-9(2)3-4-10(7)5-8-6/h5H,3-4H2,1-2H3. The van der Waals surface area contributed by atoms with Crippen LogP contribution in [0.1, 0.15) is 5.69 Å². The minimum atomic E-state index is 1.09. The second kappa shape index (κ2) is 1.75. The first-order valence-electron chi connectivity index (χ1n) is 3.52. The minimum Gasteiger partial charge on any atom is -0.358 e. The summed E-state index contributed by atoms with van der Waals surface area (Å²) in [6.07, 6.45) is 1.91. The highest BCUT2D eigenvalue weighted by Gasteiger charge is 2.17. The molecule has 0 atom stereocenters. The number of rotatable bonds is 0. The molecule has 3 heteroatoms. The highest BCUT2D eigenvalue weighted by molar-refractivity contribution is 5.46. The zero-order valence-corrected chi connectivity index (χ0v) is 6.33. The number of hydrogen-bond acceptors (Lipinski definition) is 2. The van der Waals surface area contributed by atoms with E-state index in [1.807, 2.05) is 13.3 Å². The Balaban J connectivity index is 2.54. The van der Waals surface area contributed by atoms with E-state index in [1.165, 1.54) is 5.82 Å². The van der Waals surface area contributed by atoms with Gasteiger partial charge >= 0.3 is 0 Å². The van der Waals surface area contributed by atoms with Crippen molar-refractivity contribution in [1.82, 2.24) is 9.55 Å². The Morgan fingerprint density at radius 3 is 3.00 bits per heavy atom. The van der Waals surface area contributed by atoms with Crippen molar-refractivity contribution in [3.63, 3.8) is 0 Å². The number of hydrogen-bond donors (Lipinski definition) is 0. The molecule has 0 saturated heterocycles. The summed E-state index contributed by atoms with van der Waals surface area (Å²) in [4.78, 5) is 6.45. The van der Waals surface area contributed by atoms with Gasteiger partial charge in [-0.1, -0.05) is 0 Å². The van der Waals surface area contributed by atoms with Gasteiger partial charge in [-0.15, -0.1) is 0 Å². The molecule has 0 unspecified atom stereocenters. The van der Waals surface area contributed by atoms with Crippen molar-refractivity contribution in [2.24, 2.45) is 0 Å². The average molecular weight is 137 g/mol. The smallest absolute Gasteiger partial charge is 0.131 e. The summed E-state index contributed by atoms with van der Waals surface area (Å²) in [6, 6.07) is 0. The number of nitrogens with zero attached hydrogens (tertiary/aromatic N) is 3. The largest absolute Gasteiger partial charge is 0.358 e. The van der Waals surface area contributed by atoms with E-state index in [1.54, 1.807) is 0 Å². The molecule has 0 amide bonds. The fourth-order valence-electron chi connectivity index (χ4n) is 1.50. The number of aryl methyl sites for hydroxylation is 1. The molecule has 0 saturated carbocycles. The lowest BCUT2D eigenvalue weighted by Crippen LogP contribution is -2.13. The highest BCUT2D eigenvalue weighted by Crippen LogP contribution is 2.22. The summed E-state index contributed by atoms with van der Waals surface area (Å²) in [5.74, 6) is 1.28. The predicted molar refractivity (Wildman–Crippen MR) is 40.2 cm³/mol. The maximum atomic E-state index is 4.21. The second-order valence-electron chi connectivity index (χ2n) is 2.77. The Hall–Kier alpha value is -0.990.